The first-order valence-electron chi connectivity index (χ1n) is 9.70. The smallest absolute Gasteiger partial charge is 0.266 e. The van der Waals surface area contributed by atoms with Gasteiger partial charge >= 0.3 is 0 Å². The molecule has 1 aromatic heterocycles. The molecule has 1 unspecified atom stereocenters. The van der Waals surface area contributed by atoms with E-state index >= 15 is 0 Å². The third-order valence-electron chi connectivity index (χ3n) is 4.86. The Morgan fingerprint density at radius 3 is 2.60 bits per heavy atom. The predicted octanol–water partition coefficient (Wildman–Crippen LogP) is 3.76. The highest BCUT2D eigenvalue weighted by Crippen LogP contribution is 2.22. The first kappa shape index (κ1) is 21.6. The Kier molecular flexibility index (Phi) is 6.90. The van der Waals surface area contributed by atoms with Crippen LogP contribution in [0.1, 0.15) is 18.1 Å². The van der Waals surface area contributed by atoms with E-state index in [9.17, 15) is 9.59 Å². The molecule has 0 saturated heterocycles. The molecule has 2 aromatic carbocycles. The molecule has 30 heavy (non-hydrogen) atoms. The number of carbonyl (C=O) groups excluding carboxylic acids is 1. The van der Waals surface area contributed by atoms with Gasteiger partial charge in [-0.25, -0.2) is 4.68 Å². The Hall–Kier alpha value is -3.12. The molecule has 7 heteroatoms. The summed E-state index contributed by atoms with van der Waals surface area (Å²) in [6, 6.07) is 16.1. The minimum atomic E-state index is -0.657. The van der Waals surface area contributed by atoms with Crippen molar-refractivity contribution in [2.24, 2.45) is 0 Å². The first-order chi connectivity index (χ1) is 14.3. The summed E-state index contributed by atoms with van der Waals surface area (Å²) in [7, 11) is 0. The minimum absolute atomic E-state index is 0.235. The molecule has 0 bridgehead atoms. The van der Waals surface area contributed by atoms with Crippen LogP contribution in [0.15, 0.2) is 59.4 Å². The summed E-state index contributed by atoms with van der Waals surface area (Å²) in [6.07, 6.45) is -0.657. The molecular weight excluding hydrogens is 402 g/mol. The molecule has 0 saturated carbocycles. The molecule has 0 aliphatic rings. The molecule has 0 radical (unpaired) electrons. The molecule has 0 fully saturated rings. The maximum atomic E-state index is 12.4. The van der Waals surface area contributed by atoms with Crippen LogP contribution in [-0.4, -0.2) is 28.3 Å². The standard InChI is InChI=1S/C23H24ClN3O3/c1-15-5-4-6-21(16(15)2)30-17(3)23(29)25-13-14-27-22(28)12-11-20(26-27)18-7-9-19(24)10-8-18/h4-12,17H,13-14H2,1-3H3,(H,25,29). The zero-order valence-corrected chi connectivity index (χ0v) is 17.9. The van der Waals surface area contributed by atoms with Crippen molar-refractivity contribution < 1.29 is 9.53 Å². The molecule has 0 aliphatic heterocycles. The maximum Gasteiger partial charge on any atom is 0.266 e. The third kappa shape index (κ3) is 5.27. The molecule has 1 N–H and O–H groups in total. The number of hydrogen-bond donors (Lipinski definition) is 1. The van der Waals surface area contributed by atoms with Crippen molar-refractivity contribution in [2.45, 2.75) is 33.4 Å². The summed E-state index contributed by atoms with van der Waals surface area (Å²) in [4.78, 5) is 24.5. The van der Waals surface area contributed by atoms with Crippen molar-refractivity contribution in [3.63, 3.8) is 0 Å². The van der Waals surface area contributed by atoms with Gasteiger partial charge in [-0.15, -0.1) is 0 Å². The summed E-state index contributed by atoms with van der Waals surface area (Å²) in [5.41, 5.74) is 3.39. The van der Waals surface area contributed by atoms with E-state index in [-0.39, 0.29) is 24.6 Å². The first-order valence-corrected chi connectivity index (χ1v) is 10.1. The number of ether oxygens (including phenoxy) is 1. The number of rotatable bonds is 7. The average molecular weight is 426 g/mol. The Morgan fingerprint density at radius 2 is 1.87 bits per heavy atom. The third-order valence-corrected chi connectivity index (χ3v) is 5.11. The molecular formula is C23H24ClN3O3. The quantitative estimate of drug-likeness (QED) is 0.625. The fourth-order valence-electron chi connectivity index (χ4n) is 2.91. The van der Waals surface area contributed by atoms with Gasteiger partial charge in [0.2, 0.25) is 0 Å². The molecule has 1 heterocycles. The molecule has 6 nitrogen and oxygen atoms in total. The van der Waals surface area contributed by atoms with Crippen LogP contribution in [0.4, 0.5) is 0 Å². The normalized spacial score (nSPS) is 11.7. The van der Waals surface area contributed by atoms with Crippen LogP contribution in [0, 0.1) is 13.8 Å². The van der Waals surface area contributed by atoms with Crippen molar-refractivity contribution in [3.8, 4) is 17.0 Å². The van der Waals surface area contributed by atoms with Crippen molar-refractivity contribution in [2.75, 3.05) is 6.54 Å². The lowest BCUT2D eigenvalue weighted by molar-refractivity contribution is -0.127. The lowest BCUT2D eigenvalue weighted by Gasteiger charge is -2.17. The summed E-state index contributed by atoms with van der Waals surface area (Å²) in [5, 5.41) is 7.81. The van der Waals surface area contributed by atoms with Crippen LogP contribution >= 0.6 is 11.6 Å². The predicted molar refractivity (Wildman–Crippen MR) is 118 cm³/mol. The molecule has 0 spiro atoms. The number of amides is 1. The lowest BCUT2D eigenvalue weighted by Crippen LogP contribution is -2.39. The van der Waals surface area contributed by atoms with E-state index in [1.807, 2.05) is 44.2 Å². The van der Waals surface area contributed by atoms with E-state index < -0.39 is 6.10 Å². The lowest BCUT2D eigenvalue weighted by atomic mass is 10.1. The van der Waals surface area contributed by atoms with E-state index in [1.54, 1.807) is 25.1 Å². The van der Waals surface area contributed by atoms with Crippen LogP contribution in [0.5, 0.6) is 5.75 Å². The SMILES string of the molecule is Cc1cccc(OC(C)C(=O)NCCn2nc(-c3ccc(Cl)cc3)ccc2=O)c1C. The number of nitrogens with zero attached hydrogens (tertiary/aromatic N) is 2. The number of nitrogens with one attached hydrogen (secondary N) is 1. The molecule has 156 valence electrons. The number of halogens is 1. The van der Waals surface area contributed by atoms with E-state index in [4.69, 9.17) is 16.3 Å². The van der Waals surface area contributed by atoms with E-state index in [0.717, 1.165) is 16.7 Å². The van der Waals surface area contributed by atoms with Gasteiger partial charge in [-0.1, -0.05) is 35.9 Å². The van der Waals surface area contributed by atoms with E-state index in [0.29, 0.717) is 16.5 Å². The van der Waals surface area contributed by atoms with Gasteiger partial charge in [0, 0.05) is 23.2 Å². The van der Waals surface area contributed by atoms with Crippen molar-refractivity contribution >= 4 is 17.5 Å². The second-order valence-electron chi connectivity index (χ2n) is 7.04. The zero-order chi connectivity index (χ0) is 21.7. The van der Waals surface area contributed by atoms with E-state index in [1.165, 1.54) is 10.7 Å². The van der Waals surface area contributed by atoms with Gasteiger partial charge in [-0.05, 0) is 56.2 Å². The van der Waals surface area contributed by atoms with E-state index in [2.05, 4.69) is 10.4 Å². The summed E-state index contributed by atoms with van der Waals surface area (Å²) < 4.78 is 7.13. The van der Waals surface area contributed by atoms with Gasteiger partial charge in [0.15, 0.2) is 6.10 Å². The number of aromatic nitrogens is 2. The van der Waals surface area contributed by atoms with Crippen LogP contribution < -0.4 is 15.6 Å². The highest BCUT2D eigenvalue weighted by atomic mass is 35.5. The number of carbonyl (C=O) groups is 1. The van der Waals surface area contributed by atoms with Gasteiger partial charge < -0.3 is 10.1 Å². The molecule has 1 atom stereocenters. The molecule has 1 amide bonds. The summed E-state index contributed by atoms with van der Waals surface area (Å²) in [6.45, 7) is 6.16. The van der Waals surface area contributed by atoms with Crippen LogP contribution in [0.2, 0.25) is 5.02 Å². The Bertz CT molecular complexity index is 1090. The monoisotopic (exact) mass is 425 g/mol. The van der Waals surface area contributed by atoms with Crippen molar-refractivity contribution in [1.29, 1.82) is 0 Å². The maximum absolute atomic E-state index is 12.4. The highest BCUT2D eigenvalue weighted by molar-refractivity contribution is 6.30. The van der Waals surface area contributed by atoms with Gasteiger partial charge in [0.05, 0.1) is 12.2 Å². The van der Waals surface area contributed by atoms with Gasteiger partial charge in [0.25, 0.3) is 11.5 Å². The molecule has 3 aromatic rings. The zero-order valence-electron chi connectivity index (χ0n) is 17.2. The second-order valence-corrected chi connectivity index (χ2v) is 7.47. The minimum Gasteiger partial charge on any atom is -0.481 e. The van der Waals surface area contributed by atoms with Gasteiger partial charge in [0.1, 0.15) is 5.75 Å². The fraction of sp³-hybridized carbons (Fsp3) is 0.261. The average Bonchev–Trinajstić information content (AvgIpc) is 2.73. The van der Waals surface area contributed by atoms with Crippen molar-refractivity contribution in [1.82, 2.24) is 15.1 Å². The fourth-order valence-corrected chi connectivity index (χ4v) is 3.03. The van der Waals surface area contributed by atoms with Crippen molar-refractivity contribution in [3.05, 3.63) is 81.1 Å². The van der Waals surface area contributed by atoms with Crippen LogP contribution in [-0.2, 0) is 11.3 Å². The second kappa shape index (κ2) is 9.59. The number of aryl methyl sites for hydroxylation is 1. The van der Waals surface area contributed by atoms with Gasteiger partial charge in [-0.3, -0.25) is 9.59 Å². The Balaban J connectivity index is 1.59. The molecule has 3 rings (SSSR count). The van der Waals surface area contributed by atoms with Crippen LogP contribution in [0.25, 0.3) is 11.3 Å². The number of benzene rings is 2. The van der Waals surface area contributed by atoms with Crippen LogP contribution in [0.3, 0.4) is 0 Å². The Labute approximate surface area is 180 Å². The van der Waals surface area contributed by atoms with Gasteiger partial charge in [-0.2, -0.15) is 5.10 Å². The molecule has 0 aliphatic carbocycles. The topological polar surface area (TPSA) is 73.2 Å². The largest absolute Gasteiger partial charge is 0.481 e. The number of hydrogen-bond acceptors (Lipinski definition) is 4. The summed E-state index contributed by atoms with van der Waals surface area (Å²) in [5.74, 6) is 0.434. The highest BCUT2D eigenvalue weighted by Gasteiger charge is 2.15. The Morgan fingerprint density at radius 1 is 1.13 bits per heavy atom. The summed E-state index contributed by atoms with van der Waals surface area (Å²) >= 11 is 5.92.